The second-order valence-electron chi connectivity index (χ2n) is 2.29. The number of halogens is 2. The Bertz CT molecular complexity index is 68.8. The highest BCUT2D eigenvalue weighted by molar-refractivity contribution is 5.85. The Labute approximate surface area is 62.3 Å². The molecule has 3 heteroatoms. The molecule has 0 spiro atoms. The summed E-state index contributed by atoms with van der Waals surface area (Å²) >= 11 is 0. The van der Waals surface area contributed by atoms with Gasteiger partial charge in [0.25, 0.3) is 0 Å². The average Bonchev–Trinajstić information content (AvgIpc) is 2.17. The van der Waals surface area contributed by atoms with Crippen molar-refractivity contribution >= 4 is 24.8 Å². The molecule has 0 aromatic carbocycles. The van der Waals surface area contributed by atoms with Crippen LogP contribution in [-0.2, 0) is 0 Å². The van der Waals surface area contributed by atoms with Crippen LogP contribution in [0.5, 0.6) is 0 Å². The number of piperidine rings is 1. The Kier molecular flexibility index (Phi) is 3.10. The molecular weight excluding hydrogens is 145 g/mol. The molecule has 2 saturated heterocycles. The SMILES string of the molecule is C1CC2CN2C1.Cl.Cl. The van der Waals surface area contributed by atoms with Crippen LogP contribution in [0.4, 0.5) is 0 Å². The molecule has 8 heavy (non-hydrogen) atoms. The Balaban J connectivity index is 0.000000245. The van der Waals surface area contributed by atoms with Gasteiger partial charge in [0.05, 0.1) is 0 Å². The molecule has 0 saturated carbocycles. The van der Waals surface area contributed by atoms with Crippen molar-refractivity contribution in [3.05, 3.63) is 0 Å². The van der Waals surface area contributed by atoms with Crippen LogP contribution in [0.25, 0.3) is 0 Å². The third-order valence-corrected chi connectivity index (χ3v) is 1.81. The quantitative estimate of drug-likeness (QED) is 0.478. The van der Waals surface area contributed by atoms with Crippen molar-refractivity contribution < 1.29 is 0 Å². The van der Waals surface area contributed by atoms with Crippen LogP contribution in [0.15, 0.2) is 0 Å². The van der Waals surface area contributed by atoms with E-state index in [0.717, 1.165) is 6.04 Å². The minimum Gasteiger partial charge on any atom is -0.298 e. The van der Waals surface area contributed by atoms with Gasteiger partial charge in [0.2, 0.25) is 0 Å². The largest absolute Gasteiger partial charge is 0.298 e. The van der Waals surface area contributed by atoms with Gasteiger partial charge >= 0.3 is 0 Å². The normalized spacial score (nSPS) is 39.0. The maximum Gasteiger partial charge on any atom is 0.0224 e. The first-order chi connectivity index (χ1) is 2.97. The molecule has 0 amide bonds. The van der Waals surface area contributed by atoms with Crippen LogP contribution in [0.2, 0.25) is 0 Å². The Morgan fingerprint density at radius 1 is 1.25 bits per heavy atom. The lowest BCUT2D eigenvalue weighted by molar-refractivity contribution is 0.593. The van der Waals surface area contributed by atoms with E-state index in [9.17, 15) is 0 Å². The van der Waals surface area contributed by atoms with E-state index < -0.39 is 0 Å². The predicted molar refractivity (Wildman–Crippen MR) is 39.1 cm³/mol. The summed E-state index contributed by atoms with van der Waals surface area (Å²) in [5.41, 5.74) is 0. The summed E-state index contributed by atoms with van der Waals surface area (Å²) in [6, 6.07) is 1.05. The summed E-state index contributed by atoms with van der Waals surface area (Å²) in [5.74, 6) is 0. The van der Waals surface area contributed by atoms with Crippen molar-refractivity contribution in [1.82, 2.24) is 4.90 Å². The van der Waals surface area contributed by atoms with Gasteiger partial charge in [0, 0.05) is 12.6 Å². The molecule has 2 aliphatic heterocycles. The number of hydrogen-bond donors (Lipinski definition) is 0. The van der Waals surface area contributed by atoms with Crippen molar-refractivity contribution in [3.8, 4) is 0 Å². The topological polar surface area (TPSA) is 3.01 Å². The number of nitrogens with zero attached hydrogens (tertiary/aromatic N) is 1. The third-order valence-electron chi connectivity index (χ3n) is 1.81. The molecule has 1 nitrogen and oxygen atoms in total. The second kappa shape index (κ2) is 2.90. The van der Waals surface area contributed by atoms with E-state index in [1.165, 1.54) is 25.9 Å². The molecule has 50 valence electrons. The van der Waals surface area contributed by atoms with Gasteiger partial charge in [-0.25, -0.2) is 0 Å². The molecule has 2 aliphatic rings. The van der Waals surface area contributed by atoms with Gasteiger partial charge in [-0.15, -0.1) is 24.8 Å². The Morgan fingerprint density at radius 2 is 2.00 bits per heavy atom. The molecule has 2 unspecified atom stereocenters. The van der Waals surface area contributed by atoms with E-state index in [2.05, 4.69) is 4.90 Å². The Morgan fingerprint density at radius 3 is 2.12 bits per heavy atom. The van der Waals surface area contributed by atoms with Gasteiger partial charge in [0.1, 0.15) is 0 Å². The van der Waals surface area contributed by atoms with E-state index in [1.807, 2.05) is 0 Å². The molecule has 2 fully saturated rings. The fraction of sp³-hybridized carbons (Fsp3) is 1.00. The first-order valence-corrected chi connectivity index (χ1v) is 2.71. The van der Waals surface area contributed by atoms with E-state index in [1.54, 1.807) is 0 Å². The highest BCUT2D eigenvalue weighted by Gasteiger charge is 2.37. The molecule has 0 bridgehead atoms. The lowest BCUT2D eigenvalue weighted by Gasteiger charge is -1.83. The minimum atomic E-state index is 0. The molecule has 0 aliphatic carbocycles. The van der Waals surface area contributed by atoms with Crippen molar-refractivity contribution in [3.63, 3.8) is 0 Å². The van der Waals surface area contributed by atoms with Crippen LogP contribution in [0, 0.1) is 0 Å². The summed E-state index contributed by atoms with van der Waals surface area (Å²) in [7, 11) is 0. The predicted octanol–water partition coefficient (Wildman–Crippen LogP) is 1.31. The van der Waals surface area contributed by atoms with Gasteiger partial charge in [-0.2, -0.15) is 0 Å². The summed E-state index contributed by atoms with van der Waals surface area (Å²) in [6.45, 7) is 2.81. The maximum absolute atomic E-state index is 2.53. The van der Waals surface area contributed by atoms with Gasteiger partial charge in [0.15, 0.2) is 0 Å². The smallest absolute Gasteiger partial charge is 0.0224 e. The minimum absolute atomic E-state index is 0. The second-order valence-corrected chi connectivity index (χ2v) is 2.29. The standard InChI is InChI=1S/C5H9N.2ClH/c1-2-5-4-6(5)3-1;;/h5H,1-4H2;2*1H. The maximum atomic E-state index is 2.53. The monoisotopic (exact) mass is 155 g/mol. The van der Waals surface area contributed by atoms with Gasteiger partial charge in [-0.3, -0.25) is 4.90 Å². The summed E-state index contributed by atoms with van der Waals surface area (Å²) < 4.78 is 0. The first kappa shape index (κ1) is 8.54. The van der Waals surface area contributed by atoms with E-state index in [-0.39, 0.29) is 24.8 Å². The zero-order valence-electron chi connectivity index (χ0n) is 4.67. The molecular formula is C5H11Cl2N. The summed E-state index contributed by atoms with van der Waals surface area (Å²) in [6.07, 6.45) is 2.95. The molecule has 2 rings (SSSR count). The van der Waals surface area contributed by atoms with Gasteiger partial charge in [-0.05, 0) is 19.4 Å². The van der Waals surface area contributed by atoms with Gasteiger partial charge in [-0.1, -0.05) is 0 Å². The van der Waals surface area contributed by atoms with Crippen molar-refractivity contribution in [1.29, 1.82) is 0 Å². The highest BCUT2D eigenvalue weighted by Crippen LogP contribution is 2.28. The fourth-order valence-corrected chi connectivity index (χ4v) is 1.30. The lowest BCUT2D eigenvalue weighted by Crippen LogP contribution is -1.90. The zero-order chi connectivity index (χ0) is 3.98. The lowest BCUT2D eigenvalue weighted by atomic mass is 10.3. The number of hydrogen-bond acceptors (Lipinski definition) is 1. The molecule has 2 heterocycles. The van der Waals surface area contributed by atoms with Crippen LogP contribution in [0.1, 0.15) is 12.8 Å². The van der Waals surface area contributed by atoms with E-state index in [0.29, 0.717) is 0 Å². The molecule has 2 atom stereocenters. The fourth-order valence-electron chi connectivity index (χ4n) is 1.30. The third kappa shape index (κ3) is 1.28. The number of fused-ring (bicyclic) bond motifs is 1. The molecule has 0 N–H and O–H groups in total. The van der Waals surface area contributed by atoms with Crippen molar-refractivity contribution in [2.45, 2.75) is 18.9 Å². The average molecular weight is 156 g/mol. The summed E-state index contributed by atoms with van der Waals surface area (Å²) in [4.78, 5) is 2.53. The van der Waals surface area contributed by atoms with Crippen LogP contribution >= 0.6 is 24.8 Å². The van der Waals surface area contributed by atoms with E-state index in [4.69, 9.17) is 0 Å². The summed E-state index contributed by atoms with van der Waals surface area (Å²) in [5, 5.41) is 0. The molecule has 0 aromatic heterocycles. The van der Waals surface area contributed by atoms with Crippen molar-refractivity contribution in [2.24, 2.45) is 0 Å². The highest BCUT2D eigenvalue weighted by atomic mass is 35.5. The first-order valence-electron chi connectivity index (χ1n) is 2.71. The molecule has 0 aromatic rings. The number of rotatable bonds is 0. The van der Waals surface area contributed by atoms with Crippen molar-refractivity contribution in [2.75, 3.05) is 13.1 Å². The zero-order valence-corrected chi connectivity index (χ0v) is 6.30. The molecule has 0 radical (unpaired) electrons. The van der Waals surface area contributed by atoms with E-state index >= 15 is 0 Å². The van der Waals surface area contributed by atoms with Crippen LogP contribution < -0.4 is 0 Å². The van der Waals surface area contributed by atoms with Crippen LogP contribution in [0.3, 0.4) is 0 Å². The van der Waals surface area contributed by atoms with Gasteiger partial charge < -0.3 is 0 Å². The van der Waals surface area contributed by atoms with Crippen LogP contribution in [-0.4, -0.2) is 24.0 Å². The Hall–Kier alpha value is 0.540.